The predicted octanol–water partition coefficient (Wildman–Crippen LogP) is 8.76. The minimum Gasteiger partial charge on any atom is -0.453 e. The van der Waals surface area contributed by atoms with Gasteiger partial charge in [0.2, 0.25) is 5.82 Å². The van der Waals surface area contributed by atoms with Gasteiger partial charge in [0, 0.05) is 49.1 Å². The Kier molecular flexibility index (Phi) is 6.50. The number of para-hydroxylation sites is 2. The first kappa shape index (κ1) is 25.8. The van der Waals surface area contributed by atoms with Gasteiger partial charge in [-0.3, -0.25) is 4.79 Å². The first-order chi connectivity index (χ1) is 19.9. The monoisotopic (exact) mass is 640 g/mol. The summed E-state index contributed by atoms with van der Waals surface area (Å²) in [5.74, 6) is 0.756. The molecule has 0 N–H and O–H groups in total. The number of nitrogens with zero attached hydrogens (tertiary/aromatic N) is 4. The van der Waals surface area contributed by atoms with Crippen LogP contribution in [0.15, 0.2) is 116 Å². The van der Waals surface area contributed by atoms with E-state index in [4.69, 9.17) is 32.6 Å². The molecule has 4 aromatic carbocycles. The SMILES string of the molecule is O=c1c2ccccc2nc(-c2cc3cc(Br)ccc3o2)n1N=Cc1cn(Cc2ccc(Cl)cc2Cl)c2ccccc12. The van der Waals surface area contributed by atoms with E-state index in [0.717, 1.165) is 31.9 Å². The van der Waals surface area contributed by atoms with Crippen LogP contribution in [0.2, 0.25) is 10.0 Å². The summed E-state index contributed by atoms with van der Waals surface area (Å²) < 4.78 is 10.5. The number of benzene rings is 4. The molecule has 0 aliphatic heterocycles. The summed E-state index contributed by atoms with van der Waals surface area (Å²) in [6, 6.07) is 28.3. The second-order valence-electron chi connectivity index (χ2n) is 9.57. The van der Waals surface area contributed by atoms with Crippen LogP contribution in [0.4, 0.5) is 0 Å². The van der Waals surface area contributed by atoms with Crippen molar-refractivity contribution in [3.8, 4) is 11.6 Å². The summed E-state index contributed by atoms with van der Waals surface area (Å²) in [7, 11) is 0. The van der Waals surface area contributed by atoms with Crippen LogP contribution in [0.3, 0.4) is 0 Å². The fraction of sp³-hybridized carbons (Fsp3) is 0.0312. The summed E-state index contributed by atoms with van der Waals surface area (Å²) >= 11 is 16.1. The van der Waals surface area contributed by atoms with Crippen molar-refractivity contribution < 1.29 is 4.42 Å². The van der Waals surface area contributed by atoms with Gasteiger partial charge >= 0.3 is 0 Å². The van der Waals surface area contributed by atoms with E-state index >= 15 is 0 Å². The first-order valence-corrected chi connectivity index (χ1v) is 14.3. The molecule has 6 nitrogen and oxygen atoms in total. The lowest BCUT2D eigenvalue weighted by molar-refractivity contribution is 0.616. The number of furan rings is 1. The topological polar surface area (TPSA) is 65.3 Å². The zero-order chi connectivity index (χ0) is 28.1. The van der Waals surface area contributed by atoms with E-state index in [2.05, 4.69) is 25.6 Å². The fourth-order valence-electron chi connectivity index (χ4n) is 4.98. The third-order valence-electron chi connectivity index (χ3n) is 6.94. The maximum atomic E-state index is 13.7. The number of hydrogen-bond acceptors (Lipinski definition) is 4. The molecule has 0 unspecified atom stereocenters. The highest BCUT2D eigenvalue weighted by atomic mass is 79.9. The van der Waals surface area contributed by atoms with E-state index in [-0.39, 0.29) is 5.56 Å². The molecular formula is C32H19BrCl2N4O2. The van der Waals surface area contributed by atoms with Gasteiger partial charge < -0.3 is 8.98 Å². The second kappa shape index (κ2) is 10.3. The molecule has 0 atom stereocenters. The Balaban J connectivity index is 1.37. The second-order valence-corrected chi connectivity index (χ2v) is 11.3. The van der Waals surface area contributed by atoms with Crippen molar-refractivity contribution in [3.05, 3.63) is 133 Å². The number of fused-ring (bicyclic) bond motifs is 3. The van der Waals surface area contributed by atoms with Crippen LogP contribution >= 0.6 is 39.1 Å². The van der Waals surface area contributed by atoms with Gasteiger partial charge in [0.15, 0.2) is 5.76 Å². The molecule has 7 aromatic rings. The summed E-state index contributed by atoms with van der Waals surface area (Å²) in [5.41, 5.74) is 3.74. The molecule has 0 amide bonds. The summed E-state index contributed by atoms with van der Waals surface area (Å²) in [4.78, 5) is 18.5. The lowest BCUT2D eigenvalue weighted by Crippen LogP contribution is -2.20. The Morgan fingerprint density at radius 3 is 2.59 bits per heavy atom. The molecule has 0 spiro atoms. The van der Waals surface area contributed by atoms with Gasteiger partial charge in [-0.2, -0.15) is 9.78 Å². The molecule has 200 valence electrons. The maximum Gasteiger partial charge on any atom is 0.282 e. The zero-order valence-corrected chi connectivity index (χ0v) is 24.4. The molecule has 7 rings (SSSR count). The molecule has 0 saturated carbocycles. The predicted molar refractivity (Wildman–Crippen MR) is 169 cm³/mol. The van der Waals surface area contributed by atoms with Crippen LogP contribution in [-0.2, 0) is 6.54 Å². The van der Waals surface area contributed by atoms with Gasteiger partial charge in [0.1, 0.15) is 5.58 Å². The Morgan fingerprint density at radius 2 is 1.73 bits per heavy atom. The first-order valence-electron chi connectivity index (χ1n) is 12.7. The average Bonchev–Trinajstić information content (AvgIpc) is 3.55. The smallest absolute Gasteiger partial charge is 0.282 e. The molecule has 0 bridgehead atoms. The minimum absolute atomic E-state index is 0.292. The molecule has 3 heterocycles. The third kappa shape index (κ3) is 4.76. The van der Waals surface area contributed by atoms with Crippen LogP contribution in [0.1, 0.15) is 11.1 Å². The average molecular weight is 642 g/mol. The Bertz CT molecular complexity index is 2210. The van der Waals surface area contributed by atoms with Crippen molar-refractivity contribution in [1.82, 2.24) is 14.2 Å². The van der Waals surface area contributed by atoms with E-state index < -0.39 is 0 Å². The van der Waals surface area contributed by atoms with Crippen molar-refractivity contribution in [2.75, 3.05) is 0 Å². The fourth-order valence-corrected chi connectivity index (χ4v) is 5.82. The lowest BCUT2D eigenvalue weighted by atomic mass is 10.2. The van der Waals surface area contributed by atoms with Gasteiger partial charge in [-0.25, -0.2) is 4.98 Å². The molecule has 3 aromatic heterocycles. The van der Waals surface area contributed by atoms with Gasteiger partial charge in [-0.1, -0.05) is 75.5 Å². The summed E-state index contributed by atoms with van der Waals surface area (Å²) in [6.45, 7) is 0.543. The normalized spacial score (nSPS) is 11.9. The van der Waals surface area contributed by atoms with Crippen molar-refractivity contribution in [2.24, 2.45) is 5.10 Å². The van der Waals surface area contributed by atoms with Crippen molar-refractivity contribution in [3.63, 3.8) is 0 Å². The quantitative estimate of drug-likeness (QED) is 0.177. The van der Waals surface area contributed by atoms with Crippen molar-refractivity contribution in [2.45, 2.75) is 6.54 Å². The molecule has 9 heteroatoms. The van der Waals surface area contributed by atoms with Gasteiger partial charge in [0.05, 0.1) is 17.1 Å². The molecule has 0 fully saturated rings. The van der Waals surface area contributed by atoms with E-state index in [0.29, 0.717) is 44.7 Å². The highest BCUT2D eigenvalue weighted by Crippen LogP contribution is 2.30. The Hall–Kier alpha value is -4.17. The number of hydrogen-bond donors (Lipinski definition) is 0. The zero-order valence-electron chi connectivity index (χ0n) is 21.3. The third-order valence-corrected chi connectivity index (χ3v) is 8.02. The number of rotatable bonds is 5. The van der Waals surface area contributed by atoms with E-state index in [1.165, 1.54) is 4.68 Å². The van der Waals surface area contributed by atoms with Crippen LogP contribution in [-0.4, -0.2) is 20.4 Å². The number of halogens is 3. The largest absolute Gasteiger partial charge is 0.453 e. The van der Waals surface area contributed by atoms with Crippen LogP contribution in [0.5, 0.6) is 0 Å². The molecule has 0 aliphatic carbocycles. The van der Waals surface area contributed by atoms with Gasteiger partial charge in [0.25, 0.3) is 5.56 Å². The molecule has 41 heavy (non-hydrogen) atoms. The van der Waals surface area contributed by atoms with E-state index in [1.807, 2.05) is 85.1 Å². The van der Waals surface area contributed by atoms with Crippen LogP contribution in [0.25, 0.3) is 44.4 Å². The highest BCUT2D eigenvalue weighted by Gasteiger charge is 2.17. The molecule has 0 aliphatic rings. The highest BCUT2D eigenvalue weighted by molar-refractivity contribution is 9.10. The maximum absolute atomic E-state index is 13.7. The summed E-state index contributed by atoms with van der Waals surface area (Å²) in [6.07, 6.45) is 3.68. The molecule has 0 saturated heterocycles. The lowest BCUT2D eigenvalue weighted by Gasteiger charge is -2.08. The van der Waals surface area contributed by atoms with Gasteiger partial charge in [-0.15, -0.1) is 0 Å². The molecule has 0 radical (unpaired) electrons. The Labute approximate surface area is 252 Å². The Morgan fingerprint density at radius 1 is 0.927 bits per heavy atom. The van der Waals surface area contributed by atoms with Gasteiger partial charge in [-0.05, 0) is 60.2 Å². The molecular weight excluding hydrogens is 623 g/mol. The standard InChI is InChI=1S/C32H19BrCl2N4O2/c33-22-10-12-29-20(13-22)14-30(41-29)31-37-27-7-3-1-6-25(27)32(40)39(31)36-16-21-18-38(28-8-4-2-5-24(21)28)17-19-9-11-23(34)15-26(19)35/h1-16,18H,17H2. The summed E-state index contributed by atoms with van der Waals surface area (Å²) in [5, 5.41) is 8.20. The van der Waals surface area contributed by atoms with Crippen molar-refractivity contribution in [1.29, 1.82) is 0 Å². The van der Waals surface area contributed by atoms with E-state index in [9.17, 15) is 4.79 Å². The number of aromatic nitrogens is 3. The van der Waals surface area contributed by atoms with E-state index in [1.54, 1.807) is 18.3 Å². The van der Waals surface area contributed by atoms with Crippen LogP contribution in [0, 0.1) is 0 Å². The van der Waals surface area contributed by atoms with Crippen molar-refractivity contribution >= 4 is 78.1 Å². The van der Waals surface area contributed by atoms with Crippen LogP contribution < -0.4 is 5.56 Å². The minimum atomic E-state index is -0.292.